The van der Waals surface area contributed by atoms with Crippen LogP contribution in [0.25, 0.3) is 0 Å². The Kier molecular flexibility index (Phi) is 6.53. The van der Waals surface area contributed by atoms with Crippen molar-refractivity contribution in [2.75, 3.05) is 13.2 Å². The quantitative estimate of drug-likeness (QED) is 0.396. The van der Waals surface area contributed by atoms with Gasteiger partial charge in [0.1, 0.15) is 5.70 Å². The Balaban J connectivity index is 2.21. The van der Waals surface area contributed by atoms with Crippen molar-refractivity contribution < 1.29 is 18.8 Å². The fourth-order valence-corrected chi connectivity index (χ4v) is 5.35. The zero-order chi connectivity index (χ0) is 21.6. The summed E-state index contributed by atoms with van der Waals surface area (Å²) >= 11 is 0. The van der Waals surface area contributed by atoms with E-state index in [0.717, 1.165) is 5.57 Å². The van der Waals surface area contributed by atoms with Crippen molar-refractivity contribution >= 4 is 20.2 Å². The third kappa shape index (κ3) is 3.93. The lowest BCUT2D eigenvalue weighted by molar-refractivity contribution is -0.163. The van der Waals surface area contributed by atoms with Gasteiger partial charge in [0, 0.05) is 12.5 Å². The summed E-state index contributed by atoms with van der Waals surface area (Å²) in [7, 11) is -2.00. The first-order valence-corrected chi connectivity index (χ1v) is 13.3. The fraction of sp³-hybridized carbons (Fsp3) is 0.810. The van der Waals surface area contributed by atoms with Crippen LogP contribution in [0.15, 0.2) is 11.3 Å². The maximum absolute atomic E-state index is 13.1. The smallest absolute Gasteiger partial charge is 0.355 e. The lowest BCUT2D eigenvalue weighted by Crippen LogP contribution is -2.65. The molecule has 0 aliphatic carbocycles. The average molecular weight is 411 g/mol. The largest absolute Gasteiger partial charge is 0.461 e. The third-order valence-electron chi connectivity index (χ3n) is 6.55. The maximum atomic E-state index is 13.1. The van der Waals surface area contributed by atoms with Crippen LogP contribution in [0, 0.1) is 17.8 Å². The summed E-state index contributed by atoms with van der Waals surface area (Å²) in [5, 5.41) is 0.0709. The minimum absolute atomic E-state index is 0.0276. The van der Waals surface area contributed by atoms with Crippen molar-refractivity contribution in [3.63, 3.8) is 0 Å². The highest BCUT2D eigenvalue weighted by Gasteiger charge is 2.60. The van der Waals surface area contributed by atoms with Crippen LogP contribution in [-0.4, -0.2) is 50.4 Å². The van der Waals surface area contributed by atoms with Gasteiger partial charge < -0.3 is 19.8 Å². The van der Waals surface area contributed by atoms with Gasteiger partial charge >= 0.3 is 5.97 Å². The molecule has 2 N–H and O–H groups in total. The Morgan fingerprint density at radius 2 is 1.82 bits per heavy atom. The standard InChI is InChI=1S/C21H38N2O4Si/c1-12(2)11-26-20(25)18-15(10-22)13(3)17-16(19(24)23(17)18)14(4)27-28(8,9)21(5,6)7/h12-14,16-17H,10-11,22H2,1-9H3/t13-,14?,16+,17+/m0/s1. The van der Waals surface area contributed by atoms with Crippen LogP contribution in [0.4, 0.5) is 0 Å². The Morgan fingerprint density at radius 3 is 2.29 bits per heavy atom. The maximum Gasteiger partial charge on any atom is 0.355 e. The van der Waals surface area contributed by atoms with Crippen LogP contribution in [0.3, 0.4) is 0 Å². The molecular weight excluding hydrogens is 372 g/mol. The van der Waals surface area contributed by atoms with Crippen molar-refractivity contribution in [3.8, 4) is 0 Å². The van der Waals surface area contributed by atoms with Gasteiger partial charge in [-0.15, -0.1) is 0 Å². The zero-order valence-electron chi connectivity index (χ0n) is 19.0. The lowest BCUT2D eigenvalue weighted by atomic mass is 9.78. The second kappa shape index (κ2) is 7.92. The minimum atomic E-state index is -2.00. The van der Waals surface area contributed by atoms with Gasteiger partial charge in [0.05, 0.1) is 24.7 Å². The molecule has 0 bridgehead atoms. The van der Waals surface area contributed by atoms with Crippen molar-refractivity contribution in [1.82, 2.24) is 4.90 Å². The molecule has 1 amide bonds. The second-order valence-electron chi connectivity index (χ2n) is 10.2. The molecule has 4 atom stereocenters. The Hall–Kier alpha value is -1.18. The number of hydrogen-bond donors (Lipinski definition) is 1. The molecule has 7 heteroatoms. The summed E-state index contributed by atoms with van der Waals surface area (Å²) in [4.78, 5) is 27.4. The summed E-state index contributed by atoms with van der Waals surface area (Å²) in [6.45, 7) is 19.5. The molecule has 2 heterocycles. The van der Waals surface area contributed by atoms with Crippen LogP contribution >= 0.6 is 0 Å². The number of β-lactam (4-membered cyclic amide) rings is 1. The first kappa shape index (κ1) is 23.1. The Morgan fingerprint density at radius 1 is 1.25 bits per heavy atom. The van der Waals surface area contributed by atoms with E-state index in [4.69, 9.17) is 14.9 Å². The lowest BCUT2D eigenvalue weighted by Gasteiger charge is -2.50. The van der Waals surface area contributed by atoms with Gasteiger partial charge in [0.2, 0.25) is 5.91 Å². The van der Waals surface area contributed by atoms with E-state index in [1.54, 1.807) is 4.90 Å². The summed E-state index contributed by atoms with van der Waals surface area (Å²) in [5.41, 5.74) is 7.13. The van der Waals surface area contributed by atoms with Gasteiger partial charge in [-0.3, -0.25) is 4.79 Å². The Bertz CT molecular complexity index is 666. The molecule has 2 rings (SSSR count). The van der Waals surface area contributed by atoms with Crippen molar-refractivity contribution in [2.45, 2.75) is 78.7 Å². The molecule has 1 fully saturated rings. The van der Waals surface area contributed by atoms with E-state index in [1.807, 2.05) is 27.7 Å². The molecule has 28 heavy (non-hydrogen) atoms. The van der Waals surface area contributed by atoms with Gasteiger partial charge in [-0.05, 0) is 36.5 Å². The van der Waals surface area contributed by atoms with Crippen LogP contribution in [0.2, 0.25) is 18.1 Å². The molecule has 2 aliphatic rings. The van der Waals surface area contributed by atoms with E-state index >= 15 is 0 Å². The normalized spacial score (nSPS) is 26.5. The molecule has 6 nitrogen and oxygen atoms in total. The molecule has 0 aromatic rings. The van der Waals surface area contributed by atoms with E-state index in [9.17, 15) is 9.59 Å². The van der Waals surface area contributed by atoms with Gasteiger partial charge in [0.15, 0.2) is 8.32 Å². The van der Waals surface area contributed by atoms with E-state index in [0.29, 0.717) is 12.3 Å². The fourth-order valence-electron chi connectivity index (χ4n) is 3.92. The zero-order valence-corrected chi connectivity index (χ0v) is 20.0. The SMILES string of the molecule is CC(C)COC(=O)C1=C(CN)[C@H](C)[C@@H]2[C@@H](C(C)O[Si](C)(C)C(C)(C)C)C(=O)N12. The molecule has 0 spiro atoms. The van der Waals surface area contributed by atoms with Crippen LogP contribution in [0.5, 0.6) is 0 Å². The number of carbonyl (C=O) groups is 2. The highest BCUT2D eigenvalue weighted by Crippen LogP contribution is 2.49. The molecular formula is C21H38N2O4Si. The summed E-state index contributed by atoms with van der Waals surface area (Å²) in [6.07, 6.45) is -0.192. The van der Waals surface area contributed by atoms with Crippen molar-refractivity contribution in [1.29, 1.82) is 0 Å². The number of hydrogen-bond acceptors (Lipinski definition) is 5. The Labute approximate surface area is 170 Å². The highest BCUT2D eigenvalue weighted by atomic mass is 28.4. The third-order valence-corrected chi connectivity index (χ3v) is 11.1. The topological polar surface area (TPSA) is 81.9 Å². The average Bonchev–Trinajstić information content (AvgIpc) is 2.79. The molecule has 1 saturated heterocycles. The van der Waals surface area contributed by atoms with Gasteiger partial charge in [-0.1, -0.05) is 41.5 Å². The minimum Gasteiger partial charge on any atom is -0.461 e. The number of carbonyl (C=O) groups excluding carboxylic acids is 2. The first-order chi connectivity index (χ1) is 12.7. The molecule has 2 aliphatic heterocycles. The number of nitrogens with two attached hydrogens (primary N) is 1. The van der Waals surface area contributed by atoms with Crippen molar-refractivity contribution in [2.24, 2.45) is 23.5 Å². The van der Waals surface area contributed by atoms with E-state index in [-0.39, 0.29) is 47.4 Å². The second-order valence-corrected chi connectivity index (χ2v) is 14.9. The van der Waals surface area contributed by atoms with E-state index < -0.39 is 14.3 Å². The van der Waals surface area contributed by atoms with Crippen molar-refractivity contribution in [3.05, 3.63) is 11.3 Å². The molecule has 160 valence electrons. The molecule has 0 saturated carbocycles. The predicted molar refractivity (Wildman–Crippen MR) is 113 cm³/mol. The number of ether oxygens (including phenoxy) is 1. The monoisotopic (exact) mass is 410 g/mol. The number of fused-ring (bicyclic) bond motifs is 1. The number of rotatable bonds is 7. The summed E-state index contributed by atoms with van der Waals surface area (Å²) in [6, 6.07) is -0.0765. The predicted octanol–water partition coefficient (Wildman–Crippen LogP) is 3.29. The number of esters is 1. The molecule has 0 aromatic carbocycles. The summed E-state index contributed by atoms with van der Waals surface area (Å²) < 4.78 is 11.9. The van der Waals surface area contributed by atoms with Crippen LogP contribution in [0.1, 0.15) is 48.5 Å². The van der Waals surface area contributed by atoms with E-state index in [2.05, 4.69) is 33.9 Å². The van der Waals surface area contributed by atoms with Gasteiger partial charge in [-0.2, -0.15) is 0 Å². The van der Waals surface area contributed by atoms with E-state index in [1.165, 1.54) is 0 Å². The highest BCUT2D eigenvalue weighted by molar-refractivity contribution is 6.74. The molecule has 0 radical (unpaired) electrons. The van der Waals surface area contributed by atoms with Crippen LogP contribution in [-0.2, 0) is 18.8 Å². The van der Waals surface area contributed by atoms with Gasteiger partial charge in [0.25, 0.3) is 0 Å². The summed E-state index contributed by atoms with van der Waals surface area (Å²) in [5.74, 6) is -0.476. The van der Waals surface area contributed by atoms with Crippen LogP contribution < -0.4 is 5.73 Å². The first-order valence-electron chi connectivity index (χ1n) is 10.4. The number of nitrogens with zero attached hydrogens (tertiary/aromatic N) is 1. The molecule has 1 unspecified atom stereocenters. The molecule has 0 aromatic heterocycles. The van der Waals surface area contributed by atoms with Gasteiger partial charge in [-0.25, -0.2) is 4.79 Å². The number of amides is 1.